The van der Waals surface area contributed by atoms with Crippen molar-refractivity contribution in [3.63, 3.8) is 0 Å². The zero-order valence-electron chi connectivity index (χ0n) is 22.5. The van der Waals surface area contributed by atoms with E-state index in [1.807, 2.05) is 0 Å². The molecule has 0 nitrogen and oxygen atoms in total. The number of aryl methyl sites for hydroxylation is 3. The predicted octanol–water partition coefficient (Wildman–Crippen LogP) is 10.7. The van der Waals surface area contributed by atoms with Crippen LogP contribution in [0, 0.1) is 0 Å². The molecule has 0 aliphatic carbocycles. The van der Waals surface area contributed by atoms with Crippen molar-refractivity contribution in [2.75, 3.05) is 0 Å². The minimum atomic E-state index is 1.16. The second-order valence-electron chi connectivity index (χ2n) is 10.2. The molecule has 0 amide bonds. The van der Waals surface area contributed by atoms with Gasteiger partial charge in [-0.25, -0.2) is 0 Å². The largest absolute Gasteiger partial charge is 0.0654 e. The summed E-state index contributed by atoms with van der Waals surface area (Å²) in [4.78, 5) is 0. The van der Waals surface area contributed by atoms with Crippen LogP contribution in [0.4, 0.5) is 0 Å². The topological polar surface area (TPSA) is 0 Å². The monoisotopic (exact) mass is 474 g/mol. The molecule has 0 saturated heterocycles. The molecule has 0 fully saturated rings. The quantitative estimate of drug-likeness (QED) is 0.191. The number of hydrogen-bond donors (Lipinski definition) is 0. The predicted molar refractivity (Wildman–Crippen MR) is 159 cm³/mol. The molecule has 36 heavy (non-hydrogen) atoms. The van der Waals surface area contributed by atoms with Crippen LogP contribution in [0.2, 0.25) is 0 Å². The van der Waals surface area contributed by atoms with Gasteiger partial charge in [-0.05, 0) is 107 Å². The second kappa shape index (κ2) is 13.3. The molecule has 0 aliphatic heterocycles. The van der Waals surface area contributed by atoms with E-state index in [1.54, 1.807) is 0 Å². The first-order valence-corrected chi connectivity index (χ1v) is 14.1. The Bertz CT molecular complexity index is 1030. The molecular weight excluding hydrogens is 432 g/mol. The third-order valence-corrected chi connectivity index (χ3v) is 7.25. The van der Waals surface area contributed by atoms with E-state index in [4.69, 9.17) is 0 Å². The summed E-state index contributed by atoms with van der Waals surface area (Å²) in [6.45, 7) is 6.77. The van der Waals surface area contributed by atoms with Gasteiger partial charge >= 0.3 is 0 Å². The fourth-order valence-electron chi connectivity index (χ4n) is 4.86. The molecule has 0 heteroatoms. The molecule has 0 atom stereocenters. The second-order valence-corrected chi connectivity index (χ2v) is 10.2. The van der Waals surface area contributed by atoms with E-state index in [-0.39, 0.29) is 0 Å². The highest BCUT2D eigenvalue weighted by atomic mass is 14.1. The zero-order chi connectivity index (χ0) is 25.2. The van der Waals surface area contributed by atoms with Crippen LogP contribution in [0.3, 0.4) is 0 Å². The molecule has 0 bridgehead atoms. The number of rotatable bonds is 12. The first kappa shape index (κ1) is 26.0. The summed E-state index contributed by atoms with van der Waals surface area (Å²) in [6, 6.07) is 34.7. The average molecular weight is 475 g/mol. The number of unbranched alkanes of at least 4 members (excludes halogenated alkanes) is 3. The normalized spacial score (nSPS) is 11.1. The van der Waals surface area contributed by atoms with Gasteiger partial charge in [-0.15, -0.1) is 0 Å². The molecule has 0 aromatic heterocycles. The Kier molecular flexibility index (Phi) is 9.56. The Morgan fingerprint density at radius 3 is 0.806 bits per heavy atom. The third kappa shape index (κ3) is 6.97. The van der Waals surface area contributed by atoms with Crippen molar-refractivity contribution in [1.29, 1.82) is 0 Å². The van der Waals surface area contributed by atoms with Crippen LogP contribution in [0.5, 0.6) is 0 Å². The third-order valence-electron chi connectivity index (χ3n) is 7.25. The van der Waals surface area contributed by atoms with Crippen LogP contribution >= 0.6 is 0 Å². The van der Waals surface area contributed by atoms with Gasteiger partial charge in [0.15, 0.2) is 0 Å². The van der Waals surface area contributed by atoms with Crippen LogP contribution in [0.15, 0.2) is 91.0 Å². The highest BCUT2D eigenvalue weighted by Gasteiger charge is 2.09. The van der Waals surface area contributed by atoms with Gasteiger partial charge in [0, 0.05) is 0 Å². The summed E-state index contributed by atoms with van der Waals surface area (Å²) in [5, 5.41) is 0. The van der Waals surface area contributed by atoms with Gasteiger partial charge in [-0.3, -0.25) is 0 Å². The number of benzene rings is 4. The standard InChI is InChI=1S/C36H42/c1-4-7-10-28-13-19-31(20-14-28)34-25-35(32-21-15-29(16-22-32)11-8-5-2)27-36(26-34)33-23-17-30(18-24-33)12-9-6-3/h13-27H,4-12H2,1-3H3. The van der Waals surface area contributed by atoms with Crippen molar-refractivity contribution >= 4 is 0 Å². The van der Waals surface area contributed by atoms with Crippen molar-refractivity contribution in [2.45, 2.75) is 78.6 Å². The molecule has 0 N–H and O–H groups in total. The van der Waals surface area contributed by atoms with Crippen molar-refractivity contribution in [1.82, 2.24) is 0 Å². The molecular formula is C36H42. The fourth-order valence-corrected chi connectivity index (χ4v) is 4.86. The summed E-state index contributed by atoms with van der Waals surface area (Å²) in [5.74, 6) is 0. The average Bonchev–Trinajstić information content (AvgIpc) is 2.94. The maximum absolute atomic E-state index is 2.36. The maximum atomic E-state index is 2.36. The summed E-state index contributed by atoms with van der Waals surface area (Å²) in [7, 11) is 0. The van der Waals surface area contributed by atoms with E-state index in [9.17, 15) is 0 Å². The van der Waals surface area contributed by atoms with Crippen LogP contribution in [-0.2, 0) is 19.3 Å². The Hall–Kier alpha value is -3.12. The van der Waals surface area contributed by atoms with Crippen LogP contribution in [0.25, 0.3) is 33.4 Å². The fraction of sp³-hybridized carbons (Fsp3) is 0.333. The van der Waals surface area contributed by atoms with Crippen molar-refractivity contribution in [3.8, 4) is 33.4 Å². The molecule has 4 rings (SSSR count). The molecule has 0 saturated carbocycles. The Balaban J connectivity index is 1.70. The van der Waals surface area contributed by atoms with E-state index in [2.05, 4.69) is 112 Å². The van der Waals surface area contributed by atoms with E-state index in [0.29, 0.717) is 0 Å². The lowest BCUT2D eigenvalue weighted by Crippen LogP contribution is -1.90. The highest BCUT2D eigenvalue weighted by Crippen LogP contribution is 2.33. The summed E-state index contributed by atoms with van der Waals surface area (Å²) in [6.07, 6.45) is 11.0. The molecule has 4 aromatic carbocycles. The summed E-state index contributed by atoms with van der Waals surface area (Å²) < 4.78 is 0. The van der Waals surface area contributed by atoms with Gasteiger partial charge < -0.3 is 0 Å². The van der Waals surface area contributed by atoms with Crippen molar-refractivity contribution in [2.24, 2.45) is 0 Å². The molecule has 0 aliphatic rings. The van der Waals surface area contributed by atoms with Gasteiger partial charge in [0.25, 0.3) is 0 Å². The lowest BCUT2D eigenvalue weighted by atomic mass is 9.92. The maximum Gasteiger partial charge on any atom is -0.0172 e. The Morgan fingerprint density at radius 2 is 0.583 bits per heavy atom. The van der Waals surface area contributed by atoms with Crippen molar-refractivity contribution in [3.05, 3.63) is 108 Å². The zero-order valence-corrected chi connectivity index (χ0v) is 22.5. The first-order chi connectivity index (χ1) is 17.7. The van der Waals surface area contributed by atoms with Gasteiger partial charge in [-0.2, -0.15) is 0 Å². The lowest BCUT2D eigenvalue weighted by Gasteiger charge is -2.13. The van der Waals surface area contributed by atoms with Gasteiger partial charge in [0.2, 0.25) is 0 Å². The van der Waals surface area contributed by atoms with Crippen LogP contribution in [0.1, 0.15) is 76.0 Å². The lowest BCUT2D eigenvalue weighted by molar-refractivity contribution is 0.795. The summed E-state index contributed by atoms with van der Waals surface area (Å²) >= 11 is 0. The summed E-state index contributed by atoms with van der Waals surface area (Å²) in [5.41, 5.74) is 12.0. The molecule has 186 valence electrons. The van der Waals surface area contributed by atoms with Gasteiger partial charge in [-0.1, -0.05) is 113 Å². The molecule has 0 radical (unpaired) electrons. The van der Waals surface area contributed by atoms with Crippen LogP contribution in [-0.4, -0.2) is 0 Å². The van der Waals surface area contributed by atoms with E-state index in [0.717, 1.165) is 19.3 Å². The molecule has 0 heterocycles. The SMILES string of the molecule is CCCCc1ccc(-c2cc(-c3ccc(CCCC)cc3)cc(-c3ccc(CCCC)cc3)c2)cc1. The Morgan fingerprint density at radius 1 is 0.333 bits per heavy atom. The minimum Gasteiger partial charge on any atom is -0.0654 e. The first-order valence-electron chi connectivity index (χ1n) is 14.1. The van der Waals surface area contributed by atoms with Crippen molar-refractivity contribution < 1.29 is 0 Å². The van der Waals surface area contributed by atoms with Gasteiger partial charge in [0.1, 0.15) is 0 Å². The Labute approximate surface area is 219 Å². The van der Waals surface area contributed by atoms with Gasteiger partial charge in [0.05, 0.1) is 0 Å². The minimum absolute atomic E-state index is 1.16. The van der Waals surface area contributed by atoms with E-state index in [1.165, 1.54) is 88.6 Å². The smallest absolute Gasteiger partial charge is 0.0172 e. The van der Waals surface area contributed by atoms with E-state index >= 15 is 0 Å². The molecule has 0 unspecified atom stereocenters. The number of hydrogen-bond acceptors (Lipinski definition) is 0. The van der Waals surface area contributed by atoms with E-state index < -0.39 is 0 Å². The highest BCUT2D eigenvalue weighted by molar-refractivity contribution is 5.81. The molecule has 0 spiro atoms. The van der Waals surface area contributed by atoms with Crippen LogP contribution < -0.4 is 0 Å². The molecule has 4 aromatic rings.